The van der Waals surface area contributed by atoms with Crippen molar-refractivity contribution in [1.82, 2.24) is 15.2 Å². The molecule has 168 valence electrons. The molecule has 1 saturated heterocycles. The van der Waals surface area contributed by atoms with Crippen molar-refractivity contribution in [3.63, 3.8) is 0 Å². The molecule has 0 radical (unpaired) electrons. The van der Waals surface area contributed by atoms with Gasteiger partial charge in [0.1, 0.15) is 0 Å². The average molecular weight is 440 g/mol. The van der Waals surface area contributed by atoms with Gasteiger partial charge in [-0.15, -0.1) is 0 Å². The first-order chi connectivity index (χ1) is 16.3. The number of aromatic amines is 1. The Labute approximate surface area is 194 Å². The Kier molecular flexibility index (Phi) is 6.51. The quantitative estimate of drug-likeness (QED) is 0.444. The Balaban J connectivity index is 1.33. The smallest absolute Gasteiger partial charge is 0.251 e. The molecule has 1 aromatic heterocycles. The number of H-pyrrole nitrogens is 1. The normalized spacial score (nSPS) is 15.4. The van der Waals surface area contributed by atoms with Gasteiger partial charge in [-0.1, -0.05) is 60.7 Å². The minimum Gasteiger partial charge on any atom is -0.379 e. The van der Waals surface area contributed by atoms with Crippen LogP contribution in [-0.2, 0) is 11.3 Å². The predicted octanol–water partition coefficient (Wildman–Crippen LogP) is 4.56. The molecular weight excluding hydrogens is 410 g/mol. The number of carbonyl (C=O) groups excluding carboxylic acids is 1. The number of nitrogens with one attached hydrogen (secondary N) is 2. The fourth-order valence-electron chi connectivity index (χ4n) is 4.60. The molecule has 2 heterocycles. The molecule has 5 nitrogen and oxygen atoms in total. The second kappa shape index (κ2) is 10.0. The molecule has 0 aliphatic carbocycles. The van der Waals surface area contributed by atoms with E-state index < -0.39 is 0 Å². The average Bonchev–Trinajstić information content (AvgIpc) is 3.29. The van der Waals surface area contributed by atoms with E-state index in [0.717, 1.165) is 43.9 Å². The maximum atomic E-state index is 13.1. The van der Waals surface area contributed by atoms with E-state index in [-0.39, 0.29) is 11.8 Å². The van der Waals surface area contributed by atoms with Gasteiger partial charge in [0, 0.05) is 54.8 Å². The van der Waals surface area contributed by atoms with Crippen LogP contribution in [-0.4, -0.2) is 48.6 Å². The summed E-state index contributed by atoms with van der Waals surface area (Å²) in [6, 6.07) is 26.6. The van der Waals surface area contributed by atoms with Crippen LogP contribution in [0.3, 0.4) is 0 Å². The first kappa shape index (κ1) is 21.4. The molecule has 0 saturated carbocycles. The summed E-state index contributed by atoms with van der Waals surface area (Å²) in [7, 11) is 0. The van der Waals surface area contributed by atoms with Gasteiger partial charge in [0.15, 0.2) is 0 Å². The lowest BCUT2D eigenvalue weighted by Gasteiger charge is -2.26. The summed E-state index contributed by atoms with van der Waals surface area (Å²) in [6.45, 7) is 4.77. The lowest BCUT2D eigenvalue weighted by Crippen LogP contribution is -2.35. The number of morpholine rings is 1. The zero-order valence-corrected chi connectivity index (χ0v) is 18.7. The Hall–Kier alpha value is -3.41. The minimum atomic E-state index is -0.0420. The van der Waals surface area contributed by atoms with Crippen LogP contribution in [0.5, 0.6) is 0 Å². The lowest BCUT2D eigenvalue weighted by molar-refractivity contribution is 0.0342. The number of ether oxygens (including phenoxy) is 1. The zero-order chi connectivity index (χ0) is 22.5. The van der Waals surface area contributed by atoms with E-state index in [1.807, 2.05) is 42.5 Å². The SMILES string of the molecule is O=C(NCC(c1ccccc1)c1c[nH]c2ccccc12)c1cccc(CN2CCOCC2)c1. The highest BCUT2D eigenvalue weighted by Crippen LogP contribution is 2.30. The van der Waals surface area contributed by atoms with E-state index in [9.17, 15) is 4.79 Å². The molecule has 0 spiro atoms. The summed E-state index contributed by atoms with van der Waals surface area (Å²) >= 11 is 0. The van der Waals surface area contributed by atoms with Crippen molar-refractivity contribution in [3.05, 3.63) is 107 Å². The number of nitrogens with zero attached hydrogens (tertiary/aromatic N) is 1. The first-order valence-corrected chi connectivity index (χ1v) is 11.6. The van der Waals surface area contributed by atoms with Gasteiger partial charge in [0.05, 0.1) is 13.2 Å². The summed E-state index contributed by atoms with van der Waals surface area (Å²) in [4.78, 5) is 18.8. The van der Waals surface area contributed by atoms with Crippen molar-refractivity contribution in [2.75, 3.05) is 32.8 Å². The molecular formula is C28H29N3O2. The number of hydrogen-bond donors (Lipinski definition) is 2. The third-order valence-electron chi connectivity index (χ3n) is 6.36. The molecule has 1 atom stereocenters. The number of para-hydroxylation sites is 1. The highest BCUT2D eigenvalue weighted by molar-refractivity contribution is 5.94. The molecule has 1 aliphatic heterocycles. The van der Waals surface area contributed by atoms with Crippen molar-refractivity contribution in [2.24, 2.45) is 0 Å². The number of aromatic nitrogens is 1. The van der Waals surface area contributed by atoms with Crippen molar-refractivity contribution >= 4 is 16.8 Å². The van der Waals surface area contributed by atoms with Gasteiger partial charge in [-0.2, -0.15) is 0 Å². The van der Waals surface area contributed by atoms with Gasteiger partial charge in [0.25, 0.3) is 5.91 Å². The molecule has 0 bridgehead atoms. The van der Waals surface area contributed by atoms with Crippen LogP contribution < -0.4 is 5.32 Å². The number of benzene rings is 3. The van der Waals surface area contributed by atoms with E-state index in [0.29, 0.717) is 12.1 Å². The molecule has 1 amide bonds. The second-order valence-electron chi connectivity index (χ2n) is 8.55. The van der Waals surface area contributed by atoms with E-state index in [1.165, 1.54) is 16.5 Å². The molecule has 1 unspecified atom stereocenters. The van der Waals surface area contributed by atoms with Crippen LogP contribution in [0.4, 0.5) is 0 Å². The fourth-order valence-corrected chi connectivity index (χ4v) is 4.60. The molecule has 3 aromatic carbocycles. The Morgan fingerprint density at radius 3 is 2.61 bits per heavy atom. The van der Waals surface area contributed by atoms with E-state index >= 15 is 0 Å². The number of amides is 1. The number of carbonyl (C=O) groups is 1. The summed E-state index contributed by atoms with van der Waals surface area (Å²) in [6.07, 6.45) is 2.07. The van der Waals surface area contributed by atoms with Crippen molar-refractivity contribution in [2.45, 2.75) is 12.5 Å². The molecule has 5 rings (SSSR count). The van der Waals surface area contributed by atoms with Gasteiger partial charge in [-0.3, -0.25) is 9.69 Å². The monoisotopic (exact) mass is 439 g/mol. The summed E-state index contributed by atoms with van der Waals surface area (Å²) in [5.74, 6) is 0.0161. The molecule has 1 aliphatic rings. The van der Waals surface area contributed by atoms with Crippen molar-refractivity contribution in [3.8, 4) is 0 Å². The van der Waals surface area contributed by atoms with Crippen molar-refractivity contribution in [1.29, 1.82) is 0 Å². The van der Waals surface area contributed by atoms with E-state index in [4.69, 9.17) is 4.74 Å². The van der Waals surface area contributed by atoms with Gasteiger partial charge in [-0.25, -0.2) is 0 Å². The van der Waals surface area contributed by atoms with Gasteiger partial charge >= 0.3 is 0 Å². The van der Waals surface area contributed by atoms with Gasteiger partial charge in [-0.05, 0) is 34.9 Å². The third-order valence-corrected chi connectivity index (χ3v) is 6.36. The van der Waals surface area contributed by atoms with Crippen LogP contribution in [0.2, 0.25) is 0 Å². The Morgan fingerprint density at radius 1 is 0.970 bits per heavy atom. The largest absolute Gasteiger partial charge is 0.379 e. The highest BCUT2D eigenvalue weighted by Gasteiger charge is 2.19. The lowest BCUT2D eigenvalue weighted by atomic mass is 9.91. The van der Waals surface area contributed by atoms with Crippen LogP contribution in [0.25, 0.3) is 10.9 Å². The summed E-state index contributed by atoms with van der Waals surface area (Å²) in [5.41, 5.74) is 5.34. The molecule has 4 aromatic rings. The maximum absolute atomic E-state index is 13.1. The van der Waals surface area contributed by atoms with Crippen LogP contribution in [0.15, 0.2) is 85.1 Å². The fraction of sp³-hybridized carbons (Fsp3) is 0.250. The minimum absolute atomic E-state index is 0.0420. The highest BCUT2D eigenvalue weighted by atomic mass is 16.5. The number of fused-ring (bicyclic) bond motifs is 1. The van der Waals surface area contributed by atoms with Gasteiger partial charge in [0.2, 0.25) is 0 Å². The zero-order valence-electron chi connectivity index (χ0n) is 18.7. The summed E-state index contributed by atoms with van der Waals surface area (Å²) in [5, 5.41) is 4.38. The molecule has 1 fully saturated rings. The first-order valence-electron chi connectivity index (χ1n) is 11.6. The van der Waals surface area contributed by atoms with Crippen LogP contribution in [0, 0.1) is 0 Å². The van der Waals surface area contributed by atoms with Crippen LogP contribution >= 0.6 is 0 Å². The Bertz CT molecular complexity index is 1210. The molecule has 5 heteroatoms. The number of hydrogen-bond acceptors (Lipinski definition) is 3. The summed E-state index contributed by atoms with van der Waals surface area (Å²) < 4.78 is 5.44. The van der Waals surface area contributed by atoms with Crippen molar-refractivity contribution < 1.29 is 9.53 Å². The van der Waals surface area contributed by atoms with E-state index in [2.05, 4.69) is 57.8 Å². The third kappa shape index (κ3) is 5.00. The topological polar surface area (TPSA) is 57.4 Å². The molecule has 2 N–H and O–H groups in total. The maximum Gasteiger partial charge on any atom is 0.251 e. The van der Waals surface area contributed by atoms with Crippen LogP contribution in [0.1, 0.15) is 33.0 Å². The predicted molar refractivity (Wildman–Crippen MR) is 131 cm³/mol. The second-order valence-corrected chi connectivity index (χ2v) is 8.55. The van der Waals surface area contributed by atoms with Gasteiger partial charge < -0.3 is 15.0 Å². The Morgan fingerprint density at radius 2 is 1.76 bits per heavy atom. The van der Waals surface area contributed by atoms with E-state index in [1.54, 1.807) is 0 Å². The standard InChI is InChI=1S/C28H29N3O2/c32-28(23-10-6-7-21(17-23)20-31-13-15-33-16-14-31)30-18-25(22-8-2-1-3-9-22)26-19-29-27-12-5-4-11-24(26)27/h1-12,17,19,25,29H,13-16,18,20H2,(H,30,32). The molecule has 33 heavy (non-hydrogen) atoms. The number of rotatable bonds is 7.